The van der Waals surface area contributed by atoms with Crippen molar-refractivity contribution in [3.05, 3.63) is 18.2 Å². The van der Waals surface area contributed by atoms with Gasteiger partial charge in [0.15, 0.2) is 0 Å². The minimum Gasteiger partial charge on any atom is -0.393 e. The third kappa shape index (κ3) is 2.80. The molecule has 5 nitrogen and oxygen atoms in total. The number of hydrogen-bond donors (Lipinski definition) is 2. The Labute approximate surface area is 137 Å². The summed E-state index contributed by atoms with van der Waals surface area (Å²) in [5.41, 5.74) is 1.09. The van der Waals surface area contributed by atoms with Gasteiger partial charge in [-0.2, -0.15) is 0 Å². The molecule has 2 heterocycles. The number of aliphatic hydroxyl groups is 1. The molecule has 5 heteroatoms. The molecule has 1 aliphatic heterocycles. The monoisotopic (exact) mass is 317 g/mol. The van der Waals surface area contributed by atoms with Gasteiger partial charge in [-0.1, -0.05) is 6.92 Å². The normalized spacial score (nSPS) is 40.3. The predicted molar refractivity (Wildman–Crippen MR) is 86.7 cm³/mol. The van der Waals surface area contributed by atoms with E-state index in [0.717, 1.165) is 50.8 Å². The van der Waals surface area contributed by atoms with Crippen molar-refractivity contribution in [2.24, 2.45) is 17.8 Å². The lowest BCUT2D eigenvalue weighted by molar-refractivity contribution is -0.136. The van der Waals surface area contributed by atoms with Crippen molar-refractivity contribution in [2.45, 2.75) is 63.5 Å². The Balaban J connectivity index is 1.44. The number of imidazole rings is 1. The summed E-state index contributed by atoms with van der Waals surface area (Å²) in [6.07, 6.45) is 9.44. The van der Waals surface area contributed by atoms with Crippen molar-refractivity contribution in [3.63, 3.8) is 0 Å². The number of carbonyl (C=O) groups is 1. The van der Waals surface area contributed by atoms with E-state index in [0.29, 0.717) is 17.7 Å². The first kappa shape index (κ1) is 15.2. The lowest BCUT2D eigenvalue weighted by Gasteiger charge is -2.39. The van der Waals surface area contributed by atoms with Gasteiger partial charge >= 0.3 is 0 Å². The highest BCUT2D eigenvalue weighted by atomic mass is 16.3. The van der Waals surface area contributed by atoms with Crippen LogP contribution in [-0.2, 0) is 4.79 Å². The average Bonchev–Trinajstić information content (AvgIpc) is 2.98. The molecule has 1 saturated heterocycles. The fourth-order valence-electron chi connectivity index (χ4n) is 4.83. The van der Waals surface area contributed by atoms with Crippen LogP contribution in [0.3, 0.4) is 0 Å². The number of carbonyl (C=O) groups excluding carboxylic acids is 1. The van der Waals surface area contributed by atoms with E-state index in [1.54, 1.807) is 6.33 Å². The van der Waals surface area contributed by atoms with Crippen LogP contribution < -0.4 is 0 Å². The highest BCUT2D eigenvalue weighted by molar-refractivity contribution is 5.83. The average molecular weight is 317 g/mol. The quantitative estimate of drug-likeness (QED) is 0.899. The summed E-state index contributed by atoms with van der Waals surface area (Å²) in [5, 5.41) is 10.5. The number of rotatable bonds is 3. The minimum absolute atomic E-state index is 0.120. The van der Waals surface area contributed by atoms with Crippen molar-refractivity contribution in [1.82, 2.24) is 14.9 Å². The second-order valence-corrected chi connectivity index (χ2v) is 7.85. The molecule has 0 spiro atoms. The summed E-state index contributed by atoms with van der Waals surface area (Å²) in [7, 11) is 0. The lowest BCUT2D eigenvalue weighted by Crippen LogP contribution is -2.46. The number of amides is 1. The second-order valence-electron chi connectivity index (χ2n) is 7.85. The van der Waals surface area contributed by atoms with E-state index in [-0.39, 0.29) is 24.0 Å². The number of nitrogens with one attached hydrogen (secondary N) is 1. The van der Waals surface area contributed by atoms with Gasteiger partial charge in [0.1, 0.15) is 0 Å². The number of aromatic amines is 1. The Morgan fingerprint density at radius 2 is 2.22 bits per heavy atom. The van der Waals surface area contributed by atoms with Crippen LogP contribution in [0.15, 0.2) is 12.5 Å². The molecule has 2 aliphatic carbocycles. The zero-order valence-electron chi connectivity index (χ0n) is 13.8. The van der Waals surface area contributed by atoms with Gasteiger partial charge in [0.25, 0.3) is 0 Å². The van der Waals surface area contributed by atoms with Crippen molar-refractivity contribution in [3.8, 4) is 0 Å². The molecule has 3 fully saturated rings. The maximum atomic E-state index is 13.0. The predicted octanol–water partition coefficient (Wildman–Crippen LogP) is 2.30. The molecule has 3 aliphatic rings. The molecule has 0 aromatic carbocycles. The molecule has 4 unspecified atom stereocenters. The van der Waals surface area contributed by atoms with E-state index in [1.165, 1.54) is 0 Å². The molecule has 1 aromatic rings. The van der Waals surface area contributed by atoms with Crippen LogP contribution in [0.5, 0.6) is 0 Å². The van der Waals surface area contributed by atoms with Crippen LogP contribution in [0.25, 0.3) is 0 Å². The molecule has 0 radical (unpaired) electrons. The Hall–Kier alpha value is -1.36. The lowest BCUT2D eigenvalue weighted by atomic mass is 9.76. The van der Waals surface area contributed by atoms with E-state index in [1.807, 2.05) is 6.20 Å². The highest BCUT2D eigenvalue weighted by Gasteiger charge is 2.50. The van der Waals surface area contributed by atoms with Gasteiger partial charge in [-0.15, -0.1) is 0 Å². The first-order valence-corrected chi connectivity index (χ1v) is 9.12. The van der Waals surface area contributed by atoms with E-state index >= 15 is 0 Å². The van der Waals surface area contributed by atoms with Crippen molar-refractivity contribution in [1.29, 1.82) is 0 Å². The van der Waals surface area contributed by atoms with Crippen molar-refractivity contribution < 1.29 is 9.90 Å². The van der Waals surface area contributed by atoms with Gasteiger partial charge < -0.3 is 15.0 Å². The topological polar surface area (TPSA) is 69.2 Å². The van der Waals surface area contributed by atoms with Crippen LogP contribution in [0.1, 0.15) is 57.1 Å². The zero-order chi connectivity index (χ0) is 16.0. The van der Waals surface area contributed by atoms with Gasteiger partial charge in [-0.25, -0.2) is 4.98 Å². The molecule has 4 rings (SSSR count). The molecule has 126 valence electrons. The second kappa shape index (κ2) is 5.93. The summed E-state index contributed by atoms with van der Waals surface area (Å²) in [6, 6.07) is 0.253. The molecule has 6 atom stereocenters. The first-order valence-electron chi connectivity index (χ1n) is 9.12. The zero-order valence-corrected chi connectivity index (χ0v) is 13.8. The molecular weight excluding hydrogens is 290 g/mol. The smallest absolute Gasteiger partial charge is 0.226 e. The van der Waals surface area contributed by atoms with E-state index in [4.69, 9.17) is 0 Å². The van der Waals surface area contributed by atoms with E-state index in [2.05, 4.69) is 21.8 Å². The summed E-state index contributed by atoms with van der Waals surface area (Å²) in [4.78, 5) is 22.3. The molecule has 0 bridgehead atoms. The molecular formula is C18H27N3O2. The third-order valence-electron chi connectivity index (χ3n) is 6.23. The Bertz CT molecular complexity index is 559. The summed E-state index contributed by atoms with van der Waals surface area (Å²) in [6.45, 7) is 3.14. The van der Waals surface area contributed by atoms with Crippen LogP contribution >= 0.6 is 0 Å². The summed E-state index contributed by atoms with van der Waals surface area (Å²) in [5.74, 6) is 1.68. The largest absolute Gasteiger partial charge is 0.393 e. The maximum Gasteiger partial charge on any atom is 0.226 e. The summed E-state index contributed by atoms with van der Waals surface area (Å²) >= 11 is 0. The standard InChI is InChI=1S/C18H27N3O2/c1-11-4-5-17(22)14(7-11)16-3-2-6-21(16)18(23)13-8-12(13)15-9-19-10-20-15/h9-14,16-17,22H,2-8H2,1H3,(H,19,20)/t11?,12-,13-,14?,16?,17?/m1/s1. The number of hydrogen-bond acceptors (Lipinski definition) is 3. The van der Waals surface area contributed by atoms with Crippen LogP contribution in [-0.4, -0.2) is 44.6 Å². The van der Waals surface area contributed by atoms with Gasteiger partial charge in [0.2, 0.25) is 5.91 Å². The first-order chi connectivity index (χ1) is 11.1. The van der Waals surface area contributed by atoms with Crippen molar-refractivity contribution >= 4 is 5.91 Å². The maximum absolute atomic E-state index is 13.0. The van der Waals surface area contributed by atoms with E-state index < -0.39 is 0 Å². The fourth-order valence-corrected chi connectivity index (χ4v) is 4.83. The minimum atomic E-state index is -0.229. The van der Waals surface area contributed by atoms with Crippen LogP contribution in [0, 0.1) is 17.8 Å². The number of aliphatic hydroxyl groups excluding tert-OH is 1. The number of H-pyrrole nitrogens is 1. The van der Waals surface area contributed by atoms with Gasteiger partial charge in [0.05, 0.1) is 12.4 Å². The SMILES string of the molecule is CC1CCC(O)C(C2CCCN2C(=O)[C@@H]2C[C@H]2c2cnc[nH]2)C1. The highest BCUT2D eigenvalue weighted by Crippen LogP contribution is 2.49. The molecule has 1 amide bonds. The van der Waals surface area contributed by atoms with Crippen LogP contribution in [0.2, 0.25) is 0 Å². The number of aromatic nitrogens is 2. The Morgan fingerprint density at radius 3 is 3.00 bits per heavy atom. The molecule has 1 aromatic heterocycles. The third-order valence-corrected chi connectivity index (χ3v) is 6.23. The van der Waals surface area contributed by atoms with Gasteiger partial charge in [0, 0.05) is 42.2 Å². The molecule has 2 N–H and O–H groups in total. The van der Waals surface area contributed by atoms with Gasteiger partial charge in [-0.05, 0) is 44.4 Å². The fraction of sp³-hybridized carbons (Fsp3) is 0.778. The Morgan fingerprint density at radius 1 is 1.35 bits per heavy atom. The van der Waals surface area contributed by atoms with E-state index in [9.17, 15) is 9.90 Å². The number of likely N-dealkylation sites (tertiary alicyclic amines) is 1. The summed E-state index contributed by atoms with van der Waals surface area (Å²) < 4.78 is 0. The number of nitrogens with zero attached hydrogens (tertiary/aromatic N) is 2. The van der Waals surface area contributed by atoms with Gasteiger partial charge in [-0.3, -0.25) is 4.79 Å². The van der Waals surface area contributed by atoms with Crippen LogP contribution in [0.4, 0.5) is 0 Å². The molecule has 2 saturated carbocycles. The van der Waals surface area contributed by atoms with Crippen molar-refractivity contribution in [2.75, 3.05) is 6.54 Å². The Kier molecular flexibility index (Phi) is 3.92. The molecule has 23 heavy (non-hydrogen) atoms.